The average Bonchev–Trinajstić information content (AvgIpc) is 2.74. The van der Waals surface area contributed by atoms with Gasteiger partial charge in [-0.05, 0) is 13.8 Å². The first-order chi connectivity index (χ1) is 7.16. The van der Waals surface area contributed by atoms with Crippen molar-refractivity contribution < 1.29 is 4.52 Å². The Morgan fingerprint density at radius 2 is 2.27 bits per heavy atom. The van der Waals surface area contributed by atoms with E-state index in [1.165, 1.54) is 16.4 Å². The summed E-state index contributed by atoms with van der Waals surface area (Å²) in [5, 5.41) is 12.3. The first-order valence-corrected chi connectivity index (χ1v) is 5.37. The van der Waals surface area contributed by atoms with Crippen molar-refractivity contribution in [3.05, 3.63) is 23.3 Å². The van der Waals surface area contributed by atoms with Crippen molar-refractivity contribution in [2.75, 3.05) is 5.84 Å². The number of nitrogens with zero attached hydrogens (tertiary/aromatic N) is 4. The highest BCUT2D eigenvalue weighted by Gasteiger charge is 2.08. The summed E-state index contributed by atoms with van der Waals surface area (Å²) in [7, 11) is 0. The summed E-state index contributed by atoms with van der Waals surface area (Å²) < 4.78 is 6.41. The third kappa shape index (κ3) is 2.12. The molecular weight excluding hydrogens is 214 g/mol. The summed E-state index contributed by atoms with van der Waals surface area (Å²) in [5.41, 5.74) is 0.873. The van der Waals surface area contributed by atoms with Crippen LogP contribution in [0.1, 0.15) is 17.3 Å². The normalized spacial score (nSPS) is 10.8. The third-order valence-corrected chi connectivity index (χ3v) is 2.84. The first kappa shape index (κ1) is 10.0. The van der Waals surface area contributed by atoms with Gasteiger partial charge in [-0.2, -0.15) is 0 Å². The van der Waals surface area contributed by atoms with Crippen LogP contribution < -0.4 is 5.84 Å². The van der Waals surface area contributed by atoms with Crippen molar-refractivity contribution in [2.24, 2.45) is 0 Å². The van der Waals surface area contributed by atoms with Crippen LogP contribution in [0.5, 0.6) is 0 Å². The molecule has 0 aromatic carbocycles. The van der Waals surface area contributed by atoms with E-state index in [1.54, 1.807) is 6.92 Å². The Morgan fingerprint density at radius 3 is 2.80 bits per heavy atom. The second-order valence-electron chi connectivity index (χ2n) is 3.12. The first-order valence-electron chi connectivity index (χ1n) is 4.39. The Kier molecular flexibility index (Phi) is 2.63. The smallest absolute Gasteiger partial charge is 0.210 e. The molecule has 7 heteroatoms. The lowest BCUT2D eigenvalue weighted by Crippen LogP contribution is -2.11. The summed E-state index contributed by atoms with van der Waals surface area (Å²) in [4.78, 5) is 0. The molecule has 0 unspecified atom stereocenters. The van der Waals surface area contributed by atoms with Crippen LogP contribution in [0.3, 0.4) is 0 Å². The molecule has 0 radical (unpaired) electrons. The SMILES string of the molecule is Cc1cc(CSc2nnc(C)n2N)no1. The molecule has 0 amide bonds. The monoisotopic (exact) mass is 225 g/mol. The molecule has 2 rings (SSSR count). The highest BCUT2D eigenvalue weighted by molar-refractivity contribution is 7.98. The molecule has 0 atom stereocenters. The van der Waals surface area contributed by atoms with Crippen molar-refractivity contribution in [2.45, 2.75) is 24.8 Å². The van der Waals surface area contributed by atoms with E-state index >= 15 is 0 Å². The molecule has 0 fully saturated rings. The predicted molar refractivity (Wildman–Crippen MR) is 55.7 cm³/mol. The molecule has 2 heterocycles. The van der Waals surface area contributed by atoms with E-state index in [1.807, 2.05) is 13.0 Å². The van der Waals surface area contributed by atoms with Crippen LogP contribution in [0, 0.1) is 13.8 Å². The van der Waals surface area contributed by atoms with Gasteiger partial charge in [-0.25, -0.2) is 4.68 Å². The van der Waals surface area contributed by atoms with Gasteiger partial charge in [0.25, 0.3) is 0 Å². The van der Waals surface area contributed by atoms with Crippen LogP contribution in [-0.4, -0.2) is 20.0 Å². The fourth-order valence-corrected chi connectivity index (χ4v) is 1.86. The van der Waals surface area contributed by atoms with Crippen LogP contribution in [-0.2, 0) is 5.75 Å². The van der Waals surface area contributed by atoms with Gasteiger partial charge in [0, 0.05) is 11.8 Å². The summed E-state index contributed by atoms with van der Waals surface area (Å²) in [6.45, 7) is 3.66. The third-order valence-electron chi connectivity index (χ3n) is 1.86. The number of aromatic nitrogens is 4. The van der Waals surface area contributed by atoms with Crippen LogP contribution in [0.25, 0.3) is 0 Å². The average molecular weight is 225 g/mol. The zero-order chi connectivity index (χ0) is 10.8. The Bertz CT molecular complexity index is 463. The Hall–Kier alpha value is -1.50. The number of thioether (sulfide) groups is 1. The minimum Gasteiger partial charge on any atom is -0.361 e. The van der Waals surface area contributed by atoms with Gasteiger partial charge in [-0.1, -0.05) is 16.9 Å². The maximum Gasteiger partial charge on any atom is 0.210 e. The quantitative estimate of drug-likeness (QED) is 0.617. The second-order valence-corrected chi connectivity index (χ2v) is 4.06. The topological polar surface area (TPSA) is 82.8 Å². The largest absolute Gasteiger partial charge is 0.361 e. The summed E-state index contributed by atoms with van der Waals surface area (Å²) in [5.74, 6) is 7.86. The number of nitrogens with two attached hydrogens (primary N) is 1. The maximum absolute atomic E-state index is 5.70. The van der Waals surface area contributed by atoms with Crippen molar-refractivity contribution in [3.8, 4) is 0 Å². The maximum atomic E-state index is 5.70. The summed E-state index contributed by atoms with van der Waals surface area (Å²) >= 11 is 1.48. The number of nitrogen functional groups attached to an aromatic ring is 1. The molecule has 80 valence electrons. The molecule has 2 aromatic rings. The van der Waals surface area contributed by atoms with Crippen LogP contribution in [0.2, 0.25) is 0 Å². The van der Waals surface area contributed by atoms with E-state index in [2.05, 4.69) is 15.4 Å². The van der Waals surface area contributed by atoms with Gasteiger partial charge in [0.15, 0.2) is 0 Å². The molecule has 0 bridgehead atoms. The Labute approximate surface area is 90.8 Å². The Balaban J connectivity index is 2.02. The van der Waals surface area contributed by atoms with Gasteiger partial charge in [0.1, 0.15) is 11.6 Å². The van der Waals surface area contributed by atoms with Crippen LogP contribution >= 0.6 is 11.8 Å². The number of rotatable bonds is 3. The molecule has 15 heavy (non-hydrogen) atoms. The van der Waals surface area contributed by atoms with E-state index in [4.69, 9.17) is 10.4 Å². The standard InChI is InChI=1S/C8H11N5OS/c1-5-3-7(12-14-5)4-15-8-11-10-6(2)13(8)9/h3H,4,9H2,1-2H3. The number of hydrogen-bond donors (Lipinski definition) is 1. The van der Waals surface area contributed by atoms with Crippen molar-refractivity contribution >= 4 is 11.8 Å². The molecule has 0 saturated heterocycles. The fraction of sp³-hybridized carbons (Fsp3) is 0.375. The summed E-state index contributed by atoms with van der Waals surface area (Å²) in [6.07, 6.45) is 0. The minimum atomic E-state index is 0.673. The van der Waals surface area contributed by atoms with E-state index in [0.717, 1.165) is 11.5 Å². The highest BCUT2D eigenvalue weighted by atomic mass is 32.2. The fourth-order valence-electron chi connectivity index (χ4n) is 1.07. The van der Waals surface area contributed by atoms with Gasteiger partial charge in [0.2, 0.25) is 5.16 Å². The molecule has 2 N–H and O–H groups in total. The summed E-state index contributed by atoms with van der Waals surface area (Å²) in [6, 6.07) is 1.89. The lowest BCUT2D eigenvalue weighted by molar-refractivity contribution is 0.393. The van der Waals surface area contributed by atoms with Gasteiger partial charge < -0.3 is 10.4 Å². The van der Waals surface area contributed by atoms with Crippen molar-refractivity contribution in [1.29, 1.82) is 0 Å². The molecule has 0 aliphatic carbocycles. The highest BCUT2D eigenvalue weighted by Crippen LogP contribution is 2.19. The zero-order valence-electron chi connectivity index (χ0n) is 8.47. The van der Waals surface area contributed by atoms with Crippen molar-refractivity contribution in [3.63, 3.8) is 0 Å². The molecule has 0 saturated carbocycles. The molecule has 6 nitrogen and oxygen atoms in total. The molecule has 0 aliphatic heterocycles. The van der Waals surface area contributed by atoms with Crippen LogP contribution in [0.4, 0.5) is 0 Å². The lowest BCUT2D eigenvalue weighted by Gasteiger charge is -1.98. The zero-order valence-corrected chi connectivity index (χ0v) is 9.28. The Morgan fingerprint density at radius 1 is 1.47 bits per heavy atom. The second kappa shape index (κ2) is 3.93. The van der Waals surface area contributed by atoms with E-state index in [9.17, 15) is 0 Å². The van der Waals surface area contributed by atoms with Gasteiger partial charge >= 0.3 is 0 Å². The lowest BCUT2D eigenvalue weighted by atomic mass is 10.4. The molecule has 2 aromatic heterocycles. The molecular formula is C8H11N5OS. The van der Waals surface area contributed by atoms with Crippen LogP contribution in [0.15, 0.2) is 15.7 Å². The minimum absolute atomic E-state index is 0.673. The van der Waals surface area contributed by atoms with Gasteiger partial charge in [-0.3, -0.25) is 0 Å². The van der Waals surface area contributed by atoms with Gasteiger partial charge in [0.05, 0.1) is 5.69 Å². The number of hydrogen-bond acceptors (Lipinski definition) is 6. The molecule has 0 spiro atoms. The van der Waals surface area contributed by atoms with Crippen molar-refractivity contribution in [1.82, 2.24) is 20.0 Å². The predicted octanol–water partition coefficient (Wildman–Crippen LogP) is 0.889. The van der Waals surface area contributed by atoms with E-state index in [0.29, 0.717) is 16.7 Å². The number of aryl methyl sites for hydroxylation is 2. The van der Waals surface area contributed by atoms with Gasteiger partial charge in [-0.15, -0.1) is 10.2 Å². The van der Waals surface area contributed by atoms with E-state index < -0.39 is 0 Å². The molecule has 0 aliphatic rings. The van der Waals surface area contributed by atoms with E-state index in [-0.39, 0.29) is 0 Å².